The molecule has 2 rings (SSSR count). The van der Waals surface area contributed by atoms with Crippen LogP contribution in [-0.4, -0.2) is 46.0 Å². The molecule has 1 saturated heterocycles. The number of rotatable bonds is 2. The van der Waals surface area contributed by atoms with Crippen LogP contribution in [0.3, 0.4) is 0 Å². The van der Waals surface area contributed by atoms with E-state index in [9.17, 15) is 9.59 Å². The van der Waals surface area contributed by atoms with Gasteiger partial charge in [-0.3, -0.25) is 9.59 Å². The number of aromatic nitrogens is 1. The predicted octanol–water partition coefficient (Wildman–Crippen LogP) is 1.24. The standard InChI is InChI=1S/C14H19ClN2O3/c1-14(2)9-17(8-11(7-15)20-14)13(19)10-4-5-16(3)12(18)6-10/h4-6,11H,7-9H2,1-3H3. The minimum absolute atomic E-state index is 0.158. The van der Waals surface area contributed by atoms with Crippen molar-refractivity contribution in [1.82, 2.24) is 9.47 Å². The van der Waals surface area contributed by atoms with E-state index in [0.717, 1.165) is 0 Å². The average Bonchev–Trinajstić information content (AvgIpc) is 2.39. The highest BCUT2D eigenvalue weighted by Crippen LogP contribution is 2.22. The van der Waals surface area contributed by atoms with Crippen LogP contribution in [0.5, 0.6) is 0 Å². The summed E-state index contributed by atoms with van der Waals surface area (Å²) in [4.78, 5) is 25.8. The lowest BCUT2D eigenvalue weighted by molar-refractivity contribution is -0.117. The van der Waals surface area contributed by atoms with Gasteiger partial charge in [0, 0.05) is 38.0 Å². The Morgan fingerprint density at radius 3 is 2.85 bits per heavy atom. The van der Waals surface area contributed by atoms with E-state index in [1.165, 1.54) is 10.6 Å². The van der Waals surface area contributed by atoms with E-state index in [1.54, 1.807) is 24.2 Å². The summed E-state index contributed by atoms with van der Waals surface area (Å²) in [6.45, 7) is 4.78. The molecule has 0 aromatic carbocycles. The molecule has 2 heterocycles. The number of nitrogens with zero attached hydrogens (tertiary/aromatic N) is 2. The first-order valence-electron chi connectivity index (χ1n) is 6.52. The Balaban J connectivity index is 2.23. The second kappa shape index (κ2) is 5.58. The fourth-order valence-electron chi connectivity index (χ4n) is 2.39. The molecular weight excluding hydrogens is 280 g/mol. The zero-order valence-electron chi connectivity index (χ0n) is 11.9. The molecule has 0 radical (unpaired) electrons. The molecule has 0 spiro atoms. The third kappa shape index (κ3) is 3.22. The van der Waals surface area contributed by atoms with Gasteiger partial charge in [-0.2, -0.15) is 0 Å². The zero-order valence-corrected chi connectivity index (χ0v) is 12.7. The van der Waals surface area contributed by atoms with Crippen molar-refractivity contribution >= 4 is 17.5 Å². The van der Waals surface area contributed by atoms with E-state index in [0.29, 0.717) is 24.5 Å². The summed E-state index contributed by atoms with van der Waals surface area (Å²) in [5.41, 5.74) is -0.232. The molecule has 1 aliphatic heterocycles. The first-order valence-corrected chi connectivity index (χ1v) is 7.05. The van der Waals surface area contributed by atoms with Crippen LogP contribution in [0.25, 0.3) is 0 Å². The number of aryl methyl sites for hydroxylation is 1. The van der Waals surface area contributed by atoms with Crippen LogP contribution >= 0.6 is 11.6 Å². The highest BCUT2D eigenvalue weighted by atomic mass is 35.5. The third-order valence-corrected chi connectivity index (χ3v) is 3.64. The maximum Gasteiger partial charge on any atom is 0.254 e. The largest absolute Gasteiger partial charge is 0.367 e. The Morgan fingerprint density at radius 1 is 1.55 bits per heavy atom. The lowest BCUT2D eigenvalue weighted by Gasteiger charge is -2.42. The molecule has 0 N–H and O–H groups in total. The topological polar surface area (TPSA) is 51.5 Å². The van der Waals surface area contributed by atoms with Gasteiger partial charge in [0.05, 0.1) is 17.6 Å². The summed E-state index contributed by atoms with van der Waals surface area (Å²) >= 11 is 5.85. The van der Waals surface area contributed by atoms with Crippen LogP contribution in [0, 0.1) is 0 Å². The van der Waals surface area contributed by atoms with Gasteiger partial charge in [-0.25, -0.2) is 0 Å². The smallest absolute Gasteiger partial charge is 0.254 e. The fraction of sp³-hybridized carbons (Fsp3) is 0.571. The minimum atomic E-state index is -0.437. The molecule has 1 unspecified atom stereocenters. The third-order valence-electron chi connectivity index (χ3n) is 3.29. The summed E-state index contributed by atoms with van der Waals surface area (Å²) in [6.07, 6.45) is 1.41. The van der Waals surface area contributed by atoms with Crippen LogP contribution in [0.15, 0.2) is 23.1 Å². The van der Waals surface area contributed by atoms with Crippen molar-refractivity contribution in [2.75, 3.05) is 19.0 Å². The van der Waals surface area contributed by atoms with Crippen molar-refractivity contribution in [3.05, 3.63) is 34.2 Å². The lowest BCUT2D eigenvalue weighted by Crippen LogP contribution is -2.55. The van der Waals surface area contributed by atoms with Crippen LogP contribution in [0.1, 0.15) is 24.2 Å². The van der Waals surface area contributed by atoms with E-state index >= 15 is 0 Å². The Morgan fingerprint density at radius 2 is 2.25 bits per heavy atom. The van der Waals surface area contributed by atoms with Crippen molar-refractivity contribution in [3.63, 3.8) is 0 Å². The summed E-state index contributed by atoms with van der Waals surface area (Å²) in [5, 5.41) is 0. The maximum absolute atomic E-state index is 12.5. The molecular formula is C14H19ClN2O3. The second-order valence-corrected chi connectivity index (χ2v) is 6.01. The maximum atomic E-state index is 12.5. The molecule has 1 aromatic heterocycles. The quantitative estimate of drug-likeness (QED) is 0.772. The van der Waals surface area contributed by atoms with Gasteiger partial charge in [-0.05, 0) is 19.9 Å². The van der Waals surface area contributed by atoms with E-state index in [1.807, 2.05) is 13.8 Å². The highest BCUT2D eigenvalue weighted by molar-refractivity contribution is 6.18. The van der Waals surface area contributed by atoms with Crippen LogP contribution in [0.2, 0.25) is 0 Å². The van der Waals surface area contributed by atoms with Crippen molar-refractivity contribution < 1.29 is 9.53 Å². The van der Waals surface area contributed by atoms with Gasteiger partial charge in [-0.15, -0.1) is 11.6 Å². The molecule has 0 aliphatic carbocycles. The lowest BCUT2D eigenvalue weighted by atomic mass is 10.0. The van der Waals surface area contributed by atoms with E-state index in [2.05, 4.69) is 0 Å². The number of hydrogen-bond donors (Lipinski definition) is 0. The number of carbonyl (C=O) groups is 1. The molecule has 5 nitrogen and oxygen atoms in total. The first kappa shape index (κ1) is 15.1. The molecule has 1 atom stereocenters. The van der Waals surface area contributed by atoms with Crippen LogP contribution < -0.4 is 5.56 Å². The number of amides is 1. The number of halogens is 1. The summed E-state index contributed by atoms with van der Waals surface area (Å²) in [7, 11) is 1.65. The molecule has 110 valence electrons. The van der Waals surface area contributed by atoms with E-state index in [-0.39, 0.29) is 17.6 Å². The molecule has 1 fully saturated rings. The van der Waals surface area contributed by atoms with Gasteiger partial charge in [0.2, 0.25) is 0 Å². The normalized spacial score (nSPS) is 21.8. The molecule has 1 amide bonds. The van der Waals surface area contributed by atoms with Gasteiger partial charge in [-0.1, -0.05) is 0 Å². The first-order chi connectivity index (χ1) is 9.32. The molecule has 0 saturated carbocycles. The number of morpholine rings is 1. The van der Waals surface area contributed by atoms with E-state index < -0.39 is 5.60 Å². The summed E-state index contributed by atoms with van der Waals surface area (Å²) < 4.78 is 7.22. The molecule has 1 aliphatic rings. The van der Waals surface area contributed by atoms with Crippen molar-refractivity contribution in [1.29, 1.82) is 0 Å². The summed E-state index contributed by atoms with van der Waals surface area (Å²) in [6, 6.07) is 3.02. The molecule has 6 heteroatoms. The Bertz CT molecular complexity index is 568. The number of ether oxygens (including phenoxy) is 1. The highest BCUT2D eigenvalue weighted by Gasteiger charge is 2.35. The van der Waals surface area contributed by atoms with Crippen molar-refractivity contribution in [2.24, 2.45) is 7.05 Å². The minimum Gasteiger partial charge on any atom is -0.367 e. The van der Waals surface area contributed by atoms with Gasteiger partial charge in [0.25, 0.3) is 11.5 Å². The van der Waals surface area contributed by atoms with Gasteiger partial charge < -0.3 is 14.2 Å². The fourth-order valence-corrected chi connectivity index (χ4v) is 2.56. The van der Waals surface area contributed by atoms with Crippen LogP contribution in [-0.2, 0) is 11.8 Å². The van der Waals surface area contributed by atoms with Crippen LogP contribution in [0.4, 0.5) is 0 Å². The number of pyridine rings is 1. The Hall–Kier alpha value is -1.33. The van der Waals surface area contributed by atoms with Crippen molar-refractivity contribution in [3.8, 4) is 0 Å². The van der Waals surface area contributed by atoms with E-state index in [4.69, 9.17) is 16.3 Å². The number of alkyl halides is 1. The number of hydrogen-bond acceptors (Lipinski definition) is 3. The zero-order chi connectivity index (χ0) is 14.9. The van der Waals surface area contributed by atoms with Gasteiger partial charge in [0.1, 0.15) is 0 Å². The monoisotopic (exact) mass is 298 g/mol. The SMILES string of the molecule is Cn1ccc(C(=O)N2CC(CCl)OC(C)(C)C2)cc1=O. The average molecular weight is 299 g/mol. The second-order valence-electron chi connectivity index (χ2n) is 5.70. The predicted molar refractivity (Wildman–Crippen MR) is 77.3 cm³/mol. The summed E-state index contributed by atoms with van der Waals surface area (Å²) in [5.74, 6) is 0.179. The van der Waals surface area contributed by atoms with Crippen molar-refractivity contribution in [2.45, 2.75) is 25.6 Å². The number of carbonyl (C=O) groups excluding carboxylic acids is 1. The van der Waals surface area contributed by atoms with Gasteiger partial charge in [0.15, 0.2) is 0 Å². The van der Waals surface area contributed by atoms with Gasteiger partial charge >= 0.3 is 0 Å². The Kier molecular flexibility index (Phi) is 4.20. The molecule has 1 aromatic rings. The molecule has 20 heavy (non-hydrogen) atoms. The Labute approximate surface area is 123 Å². The molecule has 0 bridgehead atoms.